The first kappa shape index (κ1) is 14.4. The lowest BCUT2D eigenvalue weighted by Gasteiger charge is -2.25. The second-order valence-electron chi connectivity index (χ2n) is 6.25. The van der Waals surface area contributed by atoms with Gasteiger partial charge in [0.25, 0.3) is 0 Å². The van der Waals surface area contributed by atoms with E-state index in [9.17, 15) is 5.11 Å². The summed E-state index contributed by atoms with van der Waals surface area (Å²) in [5.74, 6) is 0.302. The number of para-hydroxylation sites is 1. The van der Waals surface area contributed by atoms with Crippen molar-refractivity contribution in [2.24, 2.45) is 0 Å². The third kappa shape index (κ3) is 3.32. The molecule has 0 amide bonds. The van der Waals surface area contributed by atoms with E-state index in [0.29, 0.717) is 5.75 Å². The topological polar surface area (TPSA) is 32.3 Å². The van der Waals surface area contributed by atoms with Crippen molar-refractivity contribution in [2.45, 2.75) is 39.2 Å². The van der Waals surface area contributed by atoms with Crippen molar-refractivity contribution < 1.29 is 5.11 Å². The summed E-state index contributed by atoms with van der Waals surface area (Å²) in [5, 5.41) is 12.9. The molecule has 2 N–H and O–H groups in total. The summed E-state index contributed by atoms with van der Waals surface area (Å²) >= 11 is 0. The van der Waals surface area contributed by atoms with Gasteiger partial charge < -0.3 is 10.4 Å². The summed E-state index contributed by atoms with van der Waals surface area (Å²) in [4.78, 5) is 0. The molecule has 0 fully saturated rings. The highest BCUT2D eigenvalue weighted by Gasteiger charge is 2.18. The van der Waals surface area contributed by atoms with Crippen LogP contribution in [0.2, 0.25) is 0 Å². The smallest absolute Gasteiger partial charge is 0.115 e. The summed E-state index contributed by atoms with van der Waals surface area (Å²) in [6.45, 7) is 8.79. The van der Waals surface area contributed by atoms with Gasteiger partial charge in [-0.15, -0.1) is 0 Å². The monoisotopic (exact) mass is 269 g/mol. The molecule has 0 saturated heterocycles. The lowest BCUT2D eigenvalue weighted by Crippen LogP contribution is -2.16. The molecular formula is C18H23NO. The molecule has 2 rings (SSSR count). The lowest BCUT2D eigenvalue weighted by molar-refractivity contribution is 0.475. The highest BCUT2D eigenvalue weighted by molar-refractivity contribution is 5.55. The minimum Gasteiger partial charge on any atom is -0.508 e. The van der Waals surface area contributed by atoms with Gasteiger partial charge in [-0.05, 0) is 41.7 Å². The van der Waals surface area contributed by atoms with Gasteiger partial charge in [-0.3, -0.25) is 0 Å². The van der Waals surface area contributed by atoms with E-state index in [1.54, 1.807) is 12.1 Å². The number of aromatic hydroxyl groups is 1. The average Bonchev–Trinajstić information content (AvgIpc) is 2.38. The maximum absolute atomic E-state index is 9.36. The summed E-state index contributed by atoms with van der Waals surface area (Å²) in [5.41, 5.74) is 3.75. The Morgan fingerprint density at radius 2 is 1.55 bits per heavy atom. The predicted molar refractivity (Wildman–Crippen MR) is 85.3 cm³/mol. The van der Waals surface area contributed by atoms with Gasteiger partial charge in [-0.1, -0.05) is 51.1 Å². The Hall–Kier alpha value is -1.96. The molecule has 0 spiro atoms. The maximum atomic E-state index is 9.36. The van der Waals surface area contributed by atoms with Crippen molar-refractivity contribution in [3.63, 3.8) is 0 Å². The minimum atomic E-state index is 0.109. The van der Waals surface area contributed by atoms with Crippen molar-refractivity contribution in [1.82, 2.24) is 0 Å². The fourth-order valence-electron chi connectivity index (χ4n) is 2.34. The van der Waals surface area contributed by atoms with E-state index in [1.807, 2.05) is 12.1 Å². The molecule has 0 aliphatic carbocycles. The zero-order valence-corrected chi connectivity index (χ0v) is 12.6. The van der Waals surface area contributed by atoms with E-state index in [-0.39, 0.29) is 11.5 Å². The number of hydrogen-bond acceptors (Lipinski definition) is 2. The fourth-order valence-corrected chi connectivity index (χ4v) is 2.34. The zero-order valence-electron chi connectivity index (χ0n) is 12.6. The number of benzene rings is 2. The van der Waals surface area contributed by atoms with Gasteiger partial charge in [0.1, 0.15) is 5.75 Å². The normalized spacial score (nSPS) is 13.0. The molecule has 20 heavy (non-hydrogen) atoms. The van der Waals surface area contributed by atoms with Crippen LogP contribution in [0.15, 0.2) is 48.5 Å². The highest BCUT2D eigenvalue weighted by atomic mass is 16.3. The Morgan fingerprint density at radius 3 is 2.15 bits per heavy atom. The van der Waals surface area contributed by atoms with E-state index < -0.39 is 0 Å². The van der Waals surface area contributed by atoms with Crippen LogP contribution in [0.4, 0.5) is 5.69 Å². The lowest BCUT2D eigenvalue weighted by atomic mass is 9.85. The maximum Gasteiger partial charge on any atom is 0.115 e. The van der Waals surface area contributed by atoms with Crippen molar-refractivity contribution >= 4 is 5.69 Å². The quantitative estimate of drug-likeness (QED) is 0.833. The minimum absolute atomic E-state index is 0.109. The van der Waals surface area contributed by atoms with E-state index >= 15 is 0 Å². The molecule has 0 aliphatic rings. The van der Waals surface area contributed by atoms with E-state index in [1.165, 1.54) is 11.3 Å². The van der Waals surface area contributed by atoms with Gasteiger partial charge in [-0.25, -0.2) is 0 Å². The summed E-state index contributed by atoms with van der Waals surface area (Å²) in [6, 6.07) is 16.0. The van der Waals surface area contributed by atoms with E-state index in [0.717, 1.165) is 5.56 Å². The molecule has 0 heterocycles. The van der Waals surface area contributed by atoms with Crippen LogP contribution >= 0.6 is 0 Å². The molecule has 2 aromatic carbocycles. The Bertz CT molecular complexity index is 567. The molecule has 106 valence electrons. The average molecular weight is 269 g/mol. The van der Waals surface area contributed by atoms with Crippen LogP contribution in [-0.4, -0.2) is 5.11 Å². The molecule has 0 bridgehead atoms. The van der Waals surface area contributed by atoms with Crippen molar-refractivity contribution in [1.29, 1.82) is 0 Å². The number of phenolic OH excluding ortho intramolecular Hbond substituents is 1. The first-order valence-corrected chi connectivity index (χ1v) is 7.03. The Morgan fingerprint density at radius 1 is 0.950 bits per heavy atom. The van der Waals surface area contributed by atoms with Crippen LogP contribution in [0.1, 0.15) is 44.9 Å². The largest absolute Gasteiger partial charge is 0.508 e. The highest BCUT2D eigenvalue weighted by Crippen LogP contribution is 2.31. The van der Waals surface area contributed by atoms with Crippen molar-refractivity contribution in [2.75, 3.05) is 5.32 Å². The van der Waals surface area contributed by atoms with Gasteiger partial charge in [-0.2, -0.15) is 0 Å². The molecule has 2 nitrogen and oxygen atoms in total. The Labute approximate surface area is 121 Å². The number of nitrogens with one attached hydrogen (secondary N) is 1. The Balaban J connectivity index is 2.24. The third-order valence-electron chi connectivity index (χ3n) is 3.50. The van der Waals surface area contributed by atoms with E-state index in [4.69, 9.17) is 0 Å². The SMILES string of the molecule is CC(Nc1ccccc1C(C)(C)C)c1ccc(O)cc1. The number of phenols is 1. The molecule has 2 aromatic rings. The fraction of sp³-hybridized carbons (Fsp3) is 0.333. The molecule has 0 saturated carbocycles. The first-order chi connectivity index (χ1) is 9.38. The molecule has 0 radical (unpaired) electrons. The molecule has 2 heteroatoms. The molecular weight excluding hydrogens is 246 g/mol. The molecule has 0 aliphatic heterocycles. The number of hydrogen-bond donors (Lipinski definition) is 2. The number of anilines is 1. The van der Waals surface area contributed by atoms with Gasteiger partial charge in [0, 0.05) is 11.7 Å². The van der Waals surface area contributed by atoms with Crippen LogP contribution in [-0.2, 0) is 5.41 Å². The van der Waals surface area contributed by atoms with Crippen molar-refractivity contribution in [3.05, 3.63) is 59.7 Å². The third-order valence-corrected chi connectivity index (χ3v) is 3.50. The van der Waals surface area contributed by atoms with Crippen LogP contribution in [0.25, 0.3) is 0 Å². The predicted octanol–water partition coefficient (Wildman–Crippen LogP) is 4.86. The van der Waals surface area contributed by atoms with Gasteiger partial charge in [0.2, 0.25) is 0 Å². The summed E-state index contributed by atoms with van der Waals surface area (Å²) in [6.07, 6.45) is 0. The molecule has 0 aromatic heterocycles. The molecule has 1 atom stereocenters. The zero-order chi connectivity index (χ0) is 14.8. The van der Waals surface area contributed by atoms with Crippen LogP contribution in [0, 0.1) is 0 Å². The second-order valence-corrected chi connectivity index (χ2v) is 6.25. The summed E-state index contributed by atoms with van der Waals surface area (Å²) in [7, 11) is 0. The van der Waals surface area contributed by atoms with Crippen LogP contribution in [0.3, 0.4) is 0 Å². The van der Waals surface area contributed by atoms with Crippen LogP contribution < -0.4 is 5.32 Å². The van der Waals surface area contributed by atoms with Gasteiger partial charge >= 0.3 is 0 Å². The number of rotatable bonds is 3. The standard InChI is InChI=1S/C18H23NO/c1-13(14-9-11-15(20)12-10-14)19-17-8-6-5-7-16(17)18(2,3)4/h5-13,19-20H,1-4H3. The first-order valence-electron chi connectivity index (χ1n) is 7.03. The van der Waals surface area contributed by atoms with Gasteiger partial charge in [0.05, 0.1) is 0 Å². The summed E-state index contributed by atoms with van der Waals surface area (Å²) < 4.78 is 0. The Kier molecular flexibility index (Phi) is 4.03. The molecule has 1 unspecified atom stereocenters. The van der Waals surface area contributed by atoms with Crippen molar-refractivity contribution in [3.8, 4) is 5.75 Å². The van der Waals surface area contributed by atoms with E-state index in [2.05, 4.69) is 57.3 Å². The van der Waals surface area contributed by atoms with Gasteiger partial charge in [0.15, 0.2) is 0 Å². The second kappa shape index (κ2) is 5.58. The van der Waals surface area contributed by atoms with Crippen LogP contribution in [0.5, 0.6) is 5.75 Å².